The minimum absolute atomic E-state index is 0.125. The first-order chi connectivity index (χ1) is 15.2. The van der Waals surface area contributed by atoms with Crippen molar-refractivity contribution >= 4 is 11.9 Å². The van der Waals surface area contributed by atoms with Gasteiger partial charge in [0.05, 0.1) is 13.2 Å². The summed E-state index contributed by atoms with van der Waals surface area (Å²) in [5.41, 5.74) is 2.45. The Morgan fingerprint density at radius 3 is 1.06 bits per heavy atom. The lowest BCUT2D eigenvalue weighted by atomic mass is 9.78. The second-order valence-electron chi connectivity index (χ2n) is 7.34. The highest BCUT2D eigenvalue weighted by molar-refractivity contribution is 5.85. The fraction of sp³-hybridized carbons (Fsp3) is 0.280. The maximum Gasteiger partial charge on any atom is 0.330 e. The molecule has 0 fully saturated rings. The molecule has 33 heavy (non-hydrogen) atoms. The minimum atomic E-state index is -0.935. The number of aliphatic carboxylic acids is 2. The highest BCUT2D eigenvalue weighted by Crippen LogP contribution is 2.32. The molecule has 6 N–H and O–H groups in total. The summed E-state index contributed by atoms with van der Waals surface area (Å²) >= 11 is 0. The van der Waals surface area contributed by atoms with E-state index in [2.05, 4.69) is 27.0 Å². The second-order valence-corrected chi connectivity index (χ2v) is 7.34. The Kier molecular flexibility index (Phi) is 15.4. The molecule has 0 spiro atoms. The summed E-state index contributed by atoms with van der Waals surface area (Å²) in [6, 6.07) is 14.4. The number of carboxylic acids is 2. The molecule has 2 rings (SSSR count). The van der Waals surface area contributed by atoms with Crippen LogP contribution < -0.4 is 0 Å². The summed E-state index contributed by atoms with van der Waals surface area (Å²) in [6.07, 6.45) is 0. The number of aliphatic hydroxyl groups excluding tert-OH is 2. The Hall–Kier alpha value is -3.62. The van der Waals surface area contributed by atoms with Crippen LogP contribution in [0.1, 0.15) is 38.8 Å². The first-order valence-corrected chi connectivity index (χ1v) is 9.78. The fourth-order valence-electron chi connectivity index (χ4n) is 1.92. The fourth-order valence-corrected chi connectivity index (χ4v) is 1.92. The lowest BCUT2D eigenvalue weighted by Crippen LogP contribution is -2.18. The Bertz CT molecular complexity index is 784. The van der Waals surface area contributed by atoms with Crippen LogP contribution in [0.3, 0.4) is 0 Å². The molecule has 0 aliphatic rings. The first-order valence-electron chi connectivity index (χ1n) is 9.78. The van der Waals surface area contributed by atoms with Gasteiger partial charge in [0.2, 0.25) is 0 Å². The van der Waals surface area contributed by atoms with E-state index in [1.54, 1.807) is 24.3 Å². The van der Waals surface area contributed by atoms with Crippen LogP contribution in [0.5, 0.6) is 11.5 Å². The van der Waals surface area contributed by atoms with Gasteiger partial charge in [0.15, 0.2) is 0 Å². The molecule has 2 aromatic carbocycles. The van der Waals surface area contributed by atoms with Crippen LogP contribution in [0, 0.1) is 0 Å². The Balaban J connectivity index is 0. The van der Waals surface area contributed by atoms with Crippen LogP contribution in [0.4, 0.5) is 0 Å². The van der Waals surface area contributed by atoms with E-state index in [4.69, 9.17) is 20.4 Å². The van der Waals surface area contributed by atoms with Crippen LogP contribution in [-0.2, 0) is 15.0 Å². The number of rotatable bonds is 5. The van der Waals surface area contributed by atoms with E-state index in [-0.39, 0.29) is 41.3 Å². The molecule has 0 aromatic heterocycles. The van der Waals surface area contributed by atoms with Crippen molar-refractivity contribution in [1.29, 1.82) is 0 Å². The molecule has 8 nitrogen and oxygen atoms in total. The van der Waals surface area contributed by atoms with Crippen molar-refractivity contribution in [2.75, 3.05) is 13.2 Å². The third-order valence-electron chi connectivity index (χ3n) is 4.01. The number of carboxylic acid groups (broad SMARTS) is 2. The Morgan fingerprint density at radius 2 is 0.909 bits per heavy atom. The number of aromatic hydroxyl groups is 2. The predicted octanol–water partition coefficient (Wildman–Crippen LogP) is 3.69. The van der Waals surface area contributed by atoms with Crippen LogP contribution in [-0.4, -0.2) is 55.8 Å². The Morgan fingerprint density at radius 1 is 0.697 bits per heavy atom. The smallest absolute Gasteiger partial charge is 0.330 e. The van der Waals surface area contributed by atoms with Crippen LogP contribution in [0.15, 0.2) is 72.8 Å². The van der Waals surface area contributed by atoms with Crippen LogP contribution >= 0.6 is 0 Å². The summed E-state index contributed by atoms with van der Waals surface area (Å²) in [4.78, 5) is 19.2. The normalized spacial score (nSPS) is 9.52. The maximum atomic E-state index is 9.60. The average Bonchev–Trinajstić information content (AvgIpc) is 2.75. The van der Waals surface area contributed by atoms with Gasteiger partial charge in [0.25, 0.3) is 0 Å². The second kappa shape index (κ2) is 16.1. The van der Waals surface area contributed by atoms with Gasteiger partial charge in [0, 0.05) is 16.6 Å². The number of phenols is 2. The summed E-state index contributed by atoms with van der Waals surface area (Å²) in [7, 11) is 0. The van der Waals surface area contributed by atoms with Crippen molar-refractivity contribution in [2.24, 2.45) is 0 Å². The molecular formula is C25H34O8. The van der Waals surface area contributed by atoms with Gasteiger partial charge in [-0.3, -0.25) is 0 Å². The van der Waals surface area contributed by atoms with E-state index in [9.17, 15) is 19.8 Å². The van der Waals surface area contributed by atoms with Gasteiger partial charge in [-0.2, -0.15) is 0 Å². The highest BCUT2D eigenvalue weighted by Gasteiger charge is 2.22. The predicted molar refractivity (Wildman–Crippen MR) is 127 cm³/mol. The van der Waals surface area contributed by atoms with E-state index in [0.717, 1.165) is 11.1 Å². The summed E-state index contributed by atoms with van der Waals surface area (Å²) in [5.74, 6) is -1.32. The molecular weight excluding hydrogens is 428 g/mol. The molecule has 0 saturated carbocycles. The van der Waals surface area contributed by atoms with Gasteiger partial charge in [-0.15, -0.1) is 0 Å². The third kappa shape index (κ3) is 14.1. The van der Waals surface area contributed by atoms with Gasteiger partial charge in [-0.25, -0.2) is 9.59 Å². The molecule has 2 aromatic rings. The third-order valence-corrected chi connectivity index (χ3v) is 4.01. The summed E-state index contributed by atoms with van der Waals surface area (Å²) in [6.45, 7) is 13.2. The van der Waals surface area contributed by atoms with Crippen molar-refractivity contribution in [3.05, 3.63) is 84.0 Å². The van der Waals surface area contributed by atoms with Gasteiger partial charge in [-0.05, 0) is 49.2 Å². The number of hydrogen-bond acceptors (Lipinski definition) is 6. The van der Waals surface area contributed by atoms with E-state index < -0.39 is 11.9 Å². The SMILES string of the molecule is C=C(C)C(=O)O.C=C(C)C(=O)O.CC(C)(c1ccc(O)cc1)c1ccc(O)cc1.OCCO. The van der Waals surface area contributed by atoms with Crippen LogP contribution in [0.25, 0.3) is 0 Å². The van der Waals surface area contributed by atoms with Gasteiger partial charge in [0.1, 0.15) is 11.5 Å². The van der Waals surface area contributed by atoms with E-state index >= 15 is 0 Å². The van der Waals surface area contributed by atoms with E-state index in [0.29, 0.717) is 0 Å². The molecule has 0 unspecified atom stereocenters. The summed E-state index contributed by atoms with van der Waals surface area (Å²) < 4.78 is 0. The molecule has 0 atom stereocenters. The zero-order valence-electron chi connectivity index (χ0n) is 19.4. The largest absolute Gasteiger partial charge is 0.508 e. The number of hydrogen-bond donors (Lipinski definition) is 6. The van der Waals surface area contributed by atoms with Crippen molar-refractivity contribution in [1.82, 2.24) is 0 Å². The number of carbonyl (C=O) groups is 2. The topological polar surface area (TPSA) is 156 Å². The Labute approximate surface area is 194 Å². The van der Waals surface area contributed by atoms with Crippen molar-refractivity contribution in [3.8, 4) is 11.5 Å². The first kappa shape index (κ1) is 31.6. The van der Waals surface area contributed by atoms with E-state index in [1.807, 2.05) is 24.3 Å². The summed E-state index contributed by atoms with van der Waals surface area (Å²) in [5, 5.41) is 49.6. The van der Waals surface area contributed by atoms with Crippen molar-refractivity contribution in [2.45, 2.75) is 33.1 Å². The monoisotopic (exact) mass is 462 g/mol. The van der Waals surface area contributed by atoms with E-state index in [1.165, 1.54) is 13.8 Å². The molecule has 0 saturated heterocycles. The number of benzene rings is 2. The number of aliphatic hydroxyl groups is 2. The van der Waals surface area contributed by atoms with Crippen molar-refractivity contribution in [3.63, 3.8) is 0 Å². The lowest BCUT2D eigenvalue weighted by Gasteiger charge is -2.26. The molecule has 0 radical (unpaired) electrons. The standard InChI is InChI=1S/C15H16O2.2C4H6O2.C2H6O2/c1-15(2,11-3-7-13(16)8-4-11)12-5-9-14(17)10-6-12;2*1-3(2)4(5)6;3-1-2-4/h3-10,16-17H,1-2H3;2*1H2,2H3,(H,5,6);3-4H,1-2H2. The average molecular weight is 463 g/mol. The zero-order valence-corrected chi connectivity index (χ0v) is 19.4. The minimum Gasteiger partial charge on any atom is -0.508 e. The highest BCUT2D eigenvalue weighted by atomic mass is 16.4. The molecule has 0 amide bonds. The molecule has 0 aliphatic carbocycles. The zero-order chi connectivity index (χ0) is 26.2. The number of phenolic OH excluding ortho intramolecular Hbond substituents is 2. The van der Waals surface area contributed by atoms with Gasteiger partial charge < -0.3 is 30.6 Å². The molecule has 8 heteroatoms. The van der Waals surface area contributed by atoms with Gasteiger partial charge >= 0.3 is 11.9 Å². The maximum absolute atomic E-state index is 9.60. The van der Waals surface area contributed by atoms with Crippen LogP contribution in [0.2, 0.25) is 0 Å². The van der Waals surface area contributed by atoms with Crippen molar-refractivity contribution < 1.29 is 40.2 Å². The molecule has 0 aliphatic heterocycles. The molecule has 0 heterocycles. The quantitative estimate of drug-likeness (QED) is 0.368. The lowest BCUT2D eigenvalue weighted by molar-refractivity contribution is -0.133. The molecule has 0 bridgehead atoms. The molecule has 182 valence electrons. The van der Waals surface area contributed by atoms with Gasteiger partial charge in [-0.1, -0.05) is 51.3 Å².